The number of hydrogen-bond donors (Lipinski definition) is 1. The molecule has 14 heavy (non-hydrogen) atoms. The van der Waals surface area contributed by atoms with Crippen LogP contribution in [-0.4, -0.2) is 26.3 Å². The SMILES string of the molecule is CCNCCOCC1CC=CCC1C. The fourth-order valence-electron chi connectivity index (χ4n) is 1.79. The van der Waals surface area contributed by atoms with Gasteiger partial charge in [-0.05, 0) is 31.2 Å². The summed E-state index contributed by atoms with van der Waals surface area (Å²) in [6.07, 6.45) is 7.00. The molecule has 0 fully saturated rings. The first-order valence-electron chi connectivity index (χ1n) is 5.78. The zero-order chi connectivity index (χ0) is 10.2. The van der Waals surface area contributed by atoms with Crippen molar-refractivity contribution >= 4 is 0 Å². The number of allylic oxidation sites excluding steroid dienone is 2. The molecule has 2 heteroatoms. The summed E-state index contributed by atoms with van der Waals surface area (Å²) in [5.74, 6) is 1.53. The van der Waals surface area contributed by atoms with Gasteiger partial charge in [0, 0.05) is 6.54 Å². The van der Waals surface area contributed by atoms with E-state index >= 15 is 0 Å². The minimum atomic E-state index is 0.738. The predicted molar refractivity (Wildman–Crippen MR) is 60.4 cm³/mol. The molecule has 1 aliphatic rings. The molecule has 2 atom stereocenters. The average Bonchev–Trinajstić information content (AvgIpc) is 2.20. The van der Waals surface area contributed by atoms with Crippen LogP contribution in [0.4, 0.5) is 0 Å². The maximum atomic E-state index is 5.65. The zero-order valence-electron chi connectivity index (χ0n) is 9.46. The van der Waals surface area contributed by atoms with E-state index in [0.717, 1.165) is 38.1 Å². The number of rotatable bonds is 6. The van der Waals surface area contributed by atoms with Crippen molar-refractivity contribution in [3.8, 4) is 0 Å². The van der Waals surface area contributed by atoms with Gasteiger partial charge in [-0.25, -0.2) is 0 Å². The van der Waals surface area contributed by atoms with Gasteiger partial charge in [-0.2, -0.15) is 0 Å². The molecule has 0 heterocycles. The predicted octanol–water partition coefficient (Wildman–Crippen LogP) is 2.21. The summed E-state index contributed by atoms with van der Waals surface area (Å²) in [5.41, 5.74) is 0. The molecule has 0 spiro atoms. The van der Waals surface area contributed by atoms with Crippen molar-refractivity contribution in [2.45, 2.75) is 26.7 Å². The van der Waals surface area contributed by atoms with E-state index < -0.39 is 0 Å². The third kappa shape index (κ3) is 4.25. The Morgan fingerprint density at radius 3 is 2.86 bits per heavy atom. The highest BCUT2D eigenvalue weighted by Gasteiger charge is 2.17. The van der Waals surface area contributed by atoms with Crippen molar-refractivity contribution in [1.82, 2.24) is 5.32 Å². The highest BCUT2D eigenvalue weighted by molar-refractivity contribution is 4.93. The Balaban J connectivity index is 2.03. The van der Waals surface area contributed by atoms with Crippen molar-refractivity contribution in [3.05, 3.63) is 12.2 Å². The third-order valence-corrected chi connectivity index (χ3v) is 2.92. The largest absolute Gasteiger partial charge is 0.380 e. The van der Waals surface area contributed by atoms with E-state index in [1.807, 2.05) is 0 Å². The molecule has 1 aliphatic carbocycles. The molecule has 1 N–H and O–H groups in total. The van der Waals surface area contributed by atoms with Gasteiger partial charge in [0.2, 0.25) is 0 Å². The van der Waals surface area contributed by atoms with Crippen LogP contribution in [0.1, 0.15) is 26.7 Å². The van der Waals surface area contributed by atoms with E-state index in [4.69, 9.17) is 4.74 Å². The van der Waals surface area contributed by atoms with Crippen LogP contribution < -0.4 is 5.32 Å². The maximum absolute atomic E-state index is 5.65. The van der Waals surface area contributed by atoms with Crippen LogP contribution in [0.5, 0.6) is 0 Å². The summed E-state index contributed by atoms with van der Waals surface area (Å²) >= 11 is 0. The minimum Gasteiger partial charge on any atom is -0.380 e. The monoisotopic (exact) mass is 197 g/mol. The molecule has 0 saturated heterocycles. The van der Waals surface area contributed by atoms with Crippen molar-refractivity contribution in [2.24, 2.45) is 11.8 Å². The van der Waals surface area contributed by atoms with Gasteiger partial charge >= 0.3 is 0 Å². The number of hydrogen-bond acceptors (Lipinski definition) is 2. The van der Waals surface area contributed by atoms with E-state index in [9.17, 15) is 0 Å². The molecule has 0 aromatic carbocycles. The van der Waals surface area contributed by atoms with E-state index in [-0.39, 0.29) is 0 Å². The first kappa shape index (κ1) is 11.7. The maximum Gasteiger partial charge on any atom is 0.0591 e. The van der Waals surface area contributed by atoms with E-state index in [1.165, 1.54) is 12.8 Å². The van der Waals surface area contributed by atoms with Crippen molar-refractivity contribution in [3.63, 3.8) is 0 Å². The molecular weight excluding hydrogens is 174 g/mol. The summed E-state index contributed by atoms with van der Waals surface area (Å²) in [5, 5.41) is 3.26. The van der Waals surface area contributed by atoms with E-state index in [2.05, 4.69) is 31.3 Å². The Morgan fingerprint density at radius 2 is 2.14 bits per heavy atom. The Bertz CT molecular complexity index is 168. The number of nitrogens with one attached hydrogen (secondary N) is 1. The summed E-state index contributed by atoms with van der Waals surface area (Å²) < 4.78 is 5.65. The van der Waals surface area contributed by atoms with Gasteiger partial charge in [0.05, 0.1) is 13.2 Å². The lowest BCUT2D eigenvalue weighted by atomic mass is 9.85. The van der Waals surface area contributed by atoms with Crippen LogP contribution in [0, 0.1) is 11.8 Å². The van der Waals surface area contributed by atoms with E-state index in [1.54, 1.807) is 0 Å². The van der Waals surface area contributed by atoms with Gasteiger partial charge in [-0.15, -0.1) is 0 Å². The Kier molecular flexibility index (Phi) is 5.88. The lowest BCUT2D eigenvalue weighted by Gasteiger charge is -2.24. The molecule has 0 bridgehead atoms. The van der Waals surface area contributed by atoms with Crippen molar-refractivity contribution < 1.29 is 4.74 Å². The molecule has 1 rings (SSSR count). The van der Waals surface area contributed by atoms with E-state index in [0.29, 0.717) is 0 Å². The van der Waals surface area contributed by atoms with Gasteiger partial charge < -0.3 is 10.1 Å². The zero-order valence-corrected chi connectivity index (χ0v) is 9.46. The van der Waals surface area contributed by atoms with Gasteiger partial charge in [0.1, 0.15) is 0 Å². The first-order chi connectivity index (χ1) is 6.84. The fraction of sp³-hybridized carbons (Fsp3) is 0.833. The average molecular weight is 197 g/mol. The molecule has 0 saturated carbocycles. The molecule has 82 valence electrons. The second kappa shape index (κ2) is 7.02. The van der Waals surface area contributed by atoms with Gasteiger partial charge in [-0.1, -0.05) is 26.0 Å². The second-order valence-electron chi connectivity index (χ2n) is 4.11. The summed E-state index contributed by atoms with van der Waals surface area (Å²) in [6.45, 7) is 8.23. The van der Waals surface area contributed by atoms with Crippen LogP contribution in [0.15, 0.2) is 12.2 Å². The molecule has 0 aromatic heterocycles. The minimum absolute atomic E-state index is 0.738. The summed E-state index contributed by atoms with van der Waals surface area (Å²) in [7, 11) is 0. The molecule has 0 amide bonds. The third-order valence-electron chi connectivity index (χ3n) is 2.92. The highest BCUT2D eigenvalue weighted by Crippen LogP contribution is 2.24. The van der Waals surface area contributed by atoms with Crippen LogP contribution in [0.25, 0.3) is 0 Å². The van der Waals surface area contributed by atoms with Crippen molar-refractivity contribution in [2.75, 3.05) is 26.3 Å². The normalized spacial score (nSPS) is 26.7. The summed E-state index contributed by atoms with van der Waals surface area (Å²) in [6, 6.07) is 0. The lowest BCUT2D eigenvalue weighted by molar-refractivity contribution is 0.0811. The number of ether oxygens (including phenoxy) is 1. The van der Waals surface area contributed by atoms with Crippen LogP contribution in [0.2, 0.25) is 0 Å². The Labute approximate surface area is 87.7 Å². The highest BCUT2D eigenvalue weighted by atomic mass is 16.5. The van der Waals surface area contributed by atoms with Gasteiger partial charge in [0.15, 0.2) is 0 Å². The first-order valence-corrected chi connectivity index (χ1v) is 5.78. The molecular formula is C12H23NO. The van der Waals surface area contributed by atoms with Crippen LogP contribution in [0.3, 0.4) is 0 Å². The molecule has 0 aromatic rings. The molecule has 2 unspecified atom stereocenters. The quantitative estimate of drug-likeness (QED) is 0.521. The van der Waals surface area contributed by atoms with Gasteiger partial charge in [-0.3, -0.25) is 0 Å². The van der Waals surface area contributed by atoms with Crippen LogP contribution >= 0.6 is 0 Å². The second-order valence-corrected chi connectivity index (χ2v) is 4.11. The number of likely N-dealkylation sites (N-methyl/N-ethyl adjacent to an activating group) is 1. The molecule has 0 aliphatic heterocycles. The molecule has 0 radical (unpaired) electrons. The summed E-state index contributed by atoms with van der Waals surface area (Å²) in [4.78, 5) is 0. The standard InChI is InChI=1S/C12H23NO/c1-3-13-8-9-14-10-12-7-5-4-6-11(12)2/h4-5,11-13H,3,6-10H2,1-2H3. The van der Waals surface area contributed by atoms with Crippen LogP contribution in [-0.2, 0) is 4.74 Å². The lowest BCUT2D eigenvalue weighted by Crippen LogP contribution is -2.23. The smallest absolute Gasteiger partial charge is 0.0591 e. The van der Waals surface area contributed by atoms with Crippen molar-refractivity contribution in [1.29, 1.82) is 0 Å². The Hall–Kier alpha value is -0.340. The Morgan fingerprint density at radius 1 is 1.36 bits per heavy atom. The fourth-order valence-corrected chi connectivity index (χ4v) is 1.79. The molecule has 2 nitrogen and oxygen atoms in total. The topological polar surface area (TPSA) is 21.3 Å². The van der Waals surface area contributed by atoms with Gasteiger partial charge in [0.25, 0.3) is 0 Å².